The molecule has 1 heterocycles. The molecule has 1 amide bonds. The summed E-state index contributed by atoms with van der Waals surface area (Å²) < 4.78 is 15.5. The molecular formula is C16H20N4O4. The topological polar surface area (TPSA) is 111 Å². The van der Waals surface area contributed by atoms with Crippen molar-refractivity contribution in [2.24, 2.45) is 10.7 Å². The summed E-state index contributed by atoms with van der Waals surface area (Å²) in [6, 6.07) is 8.75. The third-order valence-electron chi connectivity index (χ3n) is 3.09. The van der Waals surface area contributed by atoms with Crippen molar-refractivity contribution >= 4 is 17.6 Å². The molecule has 8 nitrogen and oxygen atoms in total. The summed E-state index contributed by atoms with van der Waals surface area (Å²) in [7, 11) is 3.10. The molecule has 128 valence electrons. The molecule has 2 rings (SSSR count). The van der Waals surface area contributed by atoms with Gasteiger partial charge < -0.3 is 30.3 Å². The number of aliphatic imine (C=N–C) groups is 1. The molecule has 2 aromatic rings. The molecule has 0 radical (unpaired) electrons. The summed E-state index contributed by atoms with van der Waals surface area (Å²) in [6.07, 6.45) is 1.55. The van der Waals surface area contributed by atoms with Gasteiger partial charge in [0.15, 0.2) is 17.5 Å². The number of carbonyl (C=O) groups excluding carboxylic acids is 1. The van der Waals surface area contributed by atoms with Gasteiger partial charge in [-0.15, -0.1) is 0 Å². The number of furan rings is 1. The SMILES string of the molecule is COc1ccc(NC(N)=NCC(=O)NCc2ccco2)cc1OC. The van der Waals surface area contributed by atoms with Crippen LogP contribution in [0.15, 0.2) is 46.0 Å². The largest absolute Gasteiger partial charge is 0.493 e. The molecule has 0 aliphatic rings. The number of ether oxygens (including phenoxy) is 2. The smallest absolute Gasteiger partial charge is 0.242 e. The maximum atomic E-state index is 11.7. The average molecular weight is 332 g/mol. The zero-order chi connectivity index (χ0) is 17.4. The molecule has 0 aliphatic carbocycles. The van der Waals surface area contributed by atoms with E-state index >= 15 is 0 Å². The lowest BCUT2D eigenvalue weighted by Gasteiger charge is -2.10. The summed E-state index contributed by atoms with van der Waals surface area (Å²) in [5.41, 5.74) is 6.45. The van der Waals surface area contributed by atoms with Gasteiger partial charge in [-0.1, -0.05) is 0 Å². The van der Waals surface area contributed by atoms with Crippen molar-refractivity contribution < 1.29 is 18.7 Å². The molecule has 8 heteroatoms. The van der Waals surface area contributed by atoms with Crippen LogP contribution in [0.25, 0.3) is 0 Å². The van der Waals surface area contributed by atoms with Gasteiger partial charge in [-0.3, -0.25) is 4.79 Å². The van der Waals surface area contributed by atoms with E-state index in [1.54, 1.807) is 50.8 Å². The van der Waals surface area contributed by atoms with Gasteiger partial charge in [0.2, 0.25) is 5.91 Å². The summed E-state index contributed by atoms with van der Waals surface area (Å²) >= 11 is 0. The number of nitrogens with two attached hydrogens (primary N) is 1. The lowest BCUT2D eigenvalue weighted by molar-refractivity contribution is -0.119. The van der Waals surface area contributed by atoms with E-state index in [9.17, 15) is 4.79 Å². The molecule has 4 N–H and O–H groups in total. The zero-order valence-electron chi connectivity index (χ0n) is 13.5. The Morgan fingerprint density at radius 1 is 1.25 bits per heavy atom. The van der Waals surface area contributed by atoms with E-state index in [-0.39, 0.29) is 18.4 Å². The van der Waals surface area contributed by atoms with Crippen LogP contribution in [0.4, 0.5) is 5.69 Å². The molecular weight excluding hydrogens is 312 g/mol. The van der Waals surface area contributed by atoms with Crippen LogP contribution >= 0.6 is 0 Å². The lowest BCUT2D eigenvalue weighted by Crippen LogP contribution is -2.28. The van der Waals surface area contributed by atoms with Crippen LogP contribution < -0.4 is 25.8 Å². The zero-order valence-corrected chi connectivity index (χ0v) is 13.5. The van der Waals surface area contributed by atoms with Gasteiger partial charge in [0.25, 0.3) is 0 Å². The van der Waals surface area contributed by atoms with E-state index in [4.69, 9.17) is 19.6 Å². The van der Waals surface area contributed by atoms with Crippen molar-refractivity contribution in [1.82, 2.24) is 5.32 Å². The number of hydrogen-bond acceptors (Lipinski definition) is 5. The maximum Gasteiger partial charge on any atom is 0.242 e. The second-order valence-corrected chi connectivity index (χ2v) is 4.75. The first kappa shape index (κ1) is 17.2. The van der Waals surface area contributed by atoms with Crippen LogP contribution in [0.1, 0.15) is 5.76 Å². The monoisotopic (exact) mass is 332 g/mol. The quantitative estimate of drug-likeness (QED) is 0.521. The third kappa shape index (κ3) is 4.94. The molecule has 0 spiro atoms. The fourth-order valence-corrected chi connectivity index (χ4v) is 1.91. The van der Waals surface area contributed by atoms with Gasteiger partial charge in [0, 0.05) is 11.8 Å². The third-order valence-corrected chi connectivity index (χ3v) is 3.09. The molecule has 0 bridgehead atoms. The van der Waals surface area contributed by atoms with Gasteiger partial charge in [-0.25, -0.2) is 4.99 Å². The number of nitrogens with zero attached hydrogens (tertiary/aromatic N) is 1. The van der Waals surface area contributed by atoms with Crippen molar-refractivity contribution in [2.45, 2.75) is 6.54 Å². The van der Waals surface area contributed by atoms with E-state index in [0.717, 1.165) is 0 Å². The molecule has 0 atom stereocenters. The number of hydrogen-bond donors (Lipinski definition) is 3. The normalized spacial score (nSPS) is 11.0. The second-order valence-electron chi connectivity index (χ2n) is 4.75. The minimum atomic E-state index is -0.261. The predicted octanol–water partition coefficient (Wildman–Crippen LogP) is 1.34. The Balaban J connectivity index is 1.85. The summed E-state index contributed by atoms with van der Waals surface area (Å²) in [5.74, 6) is 1.70. The van der Waals surface area contributed by atoms with E-state index in [1.165, 1.54) is 0 Å². The average Bonchev–Trinajstić information content (AvgIpc) is 3.11. The maximum absolute atomic E-state index is 11.7. The lowest BCUT2D eigenvalue weighted by atomic mass is 10.3. The van der Waals surface area contributed by atoms with E-state index < -0.39 is 0 Å². The number of methoxy groups -OCH3 is 2. The minimum absolute atomic E-state index is 0.0904. The fourth-order valence-electron chi connectivity index (χ4n) is 1.91. The first-order valence-corrected chi connectivity index (χ1v) is 7.20. The number of amides is 1. The fraction of sp³-hybridized carbons (Fsp3) is 0.250. The molecule has 1 aromatic heterocycles. The number of nitrogens with one attached hydrogen (secondary N) is 2. The highest BCUT2D eigenvalue weighted by Crippen LogP contribution is 2.29. The molecule has 24 heavy (non-hydrogen) atoms. The van der Waals surface area contributed by atoms with Crippen LogP contribution in [-0.2, 0) is 11.3 Å². The van der Waals surface area contributed by atoms with Crippen molar-refractivity contribution in [2.75, 3.05) is 26.1 Å². The highest BCUT2D eigenvalue weighted by Gasteiger charge is 2.06. The number of anilines is 1. The Kier molecular flexibility index (Phi) is 6.07. The first-order valence-electron chi connectivity index (χ1n) is 7.20. The Bertz CT molecular complexity index is 698. The summed E-state index contributed by atoms with van der Waals surface area (Å²) in [4.78, 5) is 15.7. The van der Waals surface area contributed by atoms with Gasteiger partial charge in [0.1, 0.15) is 12.3 Å². The number of rotatable bonds is 7. The Labute approximate surface area is 139 Å². The van der Waals surface area contributed by atoms with E-state index in [2.05, 4.69) is 15.6 Å². The van der Waals surface area contributed by atoms with Crippen molar-refractivity contribution in [3.63, 3.8) is 0 Å². The van der Waals surface area contributed by atoms with Gasteiger partial charge in [-0.05, 0) is 24.3 Å². The number of benzene rings is 1. The van der Waals surface area contributed by atoms with Crippen LogP contribution in [0.5, 0.6) is 11.5 Å². The molecule has 0 unspecified atom stereocenters. The van der Waals surface area contributed by atoms with Gasteiger partial charge >= 0.3 is 0 Å². The van der Waals surface area contributed by atoms with Crippen LogP contribution in [0.2, 0.25) is 0 Å². The second kappa shape index (κ2) is 8.47. The number of guanidine groups is 1. The molecule has 1 aromatic carbocycles. The van der Waals surface area contributed by atoms with Crippen LogP contribution in [0, 0.1) is 0 Å². The standard InChI is InChI=1S/C16H20N4O4/c1-22-13-6-5-11(8-14(13)23-2)20-16(17)19-10-15(21)18-9-12-4-3-7-24-12/h3-8H,9-10H2,1-2H3,(H,18,21)(H3,17,19,20). The van der Waals surface area contributed by atoms with Gasteiger partial charge in [-0.2, -0.15) is 0 Å². The molecule has 0 fully saturated rings. The summed E-state index contributed by atoms with van der Waals surface area (Å²) in [6.45, 7) is 0.219. The van der Waals surface area contributed by atoms with Crippen LogP contribution in [0.3, 0.4) is 0 Å². The Morgan fingerprint density at radius 2 is 2.04 bits per heavy atom. The first-order chi connectivity index (χ1) is 11.6. The predicted molar refractivity (Wildman–Crippen MR) is 90.2 cm³/mol. The van der Waals surface area contributed by atoms with E-state index in [1.807, 2.05) is 0 Å². The Morgan fingerprint density at radius 3 is 2.71 bits per heavy atom. The minimum Gasteiger partial charge on any atom is -0.493 e. The highest BCUT2D eigenvalue weighted by molar-refractivity contribution is 5.94. The highest BCUT2D eigenvalue weighted by atomic mass is 16.5. The molecule has 0 aliphatic heterocycles. The van der Waals surface area contributed by atoms with Crippen LogP contribution in [-0.4, -0.2) is 32.6 Å². The van der Waals surface area contributed by atoms with Crippen molar-refractivity contribution in [1.29, 1.82) is 0 Å². The van der Waals surface area contributed by atoms with Gasteiger partial charge in [0.05, 0.1) is 27.0 Å². The molecule has 0 saturated heterocycles. The van der Waals surface area contributed by atoms with E-state index in [0.29, 0.717) is 29.5 Å². The molecule has 0 saturated carbocycles. The van der Waals surface area contributed by atoms with Crippen molar-refractivity contribution in [3.8, 4) is 11.5 Å². The van der Waals surface area contributed by atoms with Crippen molar-refractivity contribution in [3.05, 3.63) is 42.4 Å². The Hall–Kier alpha value is -3.16. The number of carbonyl (C=O) groups is 1. The summed E-state index contributed by atoms with van der Waals surface area (Å²) in [5, 5.41) is 5.56.